The summed E-state index contributed by atoms with van der Waals surface area (Å²) in [5, 5.41) is 12.0. The third-order valence-electron chi connectivity index (χ3n) is 3.62. The number of halogens is 1. The summed E-state index contributed by atoms with van der Waals surface area (Å²) in [4.78, 5) is 24.8. The van der Waals surface area contributed by atoms with Crippen LogP contribution in [0.15, 0.2) is 24.0 Å². The lowest BCUT2D eigenvalue weighted by atomic mass is 9.95. The van der Waals surface area contributed by atoms with E-state index in [1.54, 1.807) is 46.8 Å². The number of nitriles is 1. The molecule has 6 heteroatoms. The van der Waals surface area contributed by atoms with Crippen LogP contribution in [-0.4, -0.2) is 17.4 Å². The maximum absolute atomic E-state index is 12.5. The molecule has 1 aliphatic rings. The van der Waals surface area contributed by atoms with Gasteiger partial charge in [0.15, 0.2) is 0 Å². The molecule has 0 bridgehead atoms. The van der Waals surface area contributed by atoms with Gasteiger partial charge < -0.3 is 10.1 Å². The second kappa shape index (κ2) is 5.95. The molecule has 0 unspecified atom stereocenters. The van der Waals surface area contributed by atoms with Crippen LogP contribution in [0.2, 0.25) is 5.02 Å². The number of amides is 1. The predicted octanol–water partition coefficient (Wildman–Crippen LogP) is 3.42. The summed E-state index contributed by atoms with van der Waals surface area (Å²) in [5.41, 5.74) is -0.531. The summed E-state index contributed by atoms with van der Waals surface area (Å²) in [5.74, 6) is -0.577. The van der Waals surface area contributed by atoms with Crippen molar-refractivity contribution in [1.82, 2.24) is 5.32 Å². The predicted molar refractivity (Wildman–Crippen MR) is 90.9 cm³/mol. The summed E-state index contributed by atoms with van der Waals surface area (Å²) in [6.45, 7) is 8.71. The quantitative estimate of drug-likeness (QED) is 0.832. The van der Waals surface area contributed by atoms with Crippen LogP contribution in [-0.2, 0) is 14.3 Å². The Hall–Kier alpha value is -2.32. The average Bonchev–Trinajstić information content (AvgIpc) is 2.67. The molecule has 0 aromatic heterocycles. The first-order valence-electron chi connectivity index (χ1n) is 7.47. The Kier molecular flexibility index (Phi) is 4.47. The van der Waals surface area contributed by atoms with E-state index in [4.69, 9.17) is 21.6 Å². The molecule has 0 aliphatic carbocycles. The SMILES string of the molecule is CC(C)(C)C(=O)OC1=C(c2ccc(C#N)cc2Cl)C(=O)NC1(C)C. The first-order valence-corrected chi connectivity index (χ1v) is 7.85. The van der Waals surface area contributed by atoms with E-state index in [2.05, 4.69) is 5.32 Å². The van der Waals surface area contributed by atoms with Crippen LogP contribution in [0.1, 0.15) is 45.7 Å². The lowest BCUT2D eigenvalue weighted by Gasteiger charge is -2.25. The Labute approximate surface area is 146 Å². The summed E-state index contributed by atoms with van der Waals surface area (Å²) >= 11 is 6.23. The van der Waals surface area contributed by atoms with E-state index in [0.717, 1.165) is 0 Å². The smallest absolute Gasteiger partial charge is 0.316 e. The second-order valence-electron chi connectivity index (χ2n) is 7.23. The van der Waals surface area contributed by atoms with Gasteiger partial charge in [0.25, 0.3) is 5.91 Å². The van der Waals surface area contributed by atoms with Gasteiger partial charge in [-0.25, -0.2) is 0 Å². The van der Waals surface area contributed by atoms with Gasteiger partial charge in [-0.05, 0) is 46.8 Å². The number of carbonyl (C=O) groups is 2. The van der Waals surface area contributed by atoms with Crippen LogP contribution < -0.4 is 5.32 Å². The third-order valence-corrected chi connectivity index (χ3v) is 3.94. The Bertz CT molecular complexity index is 795. The fourth-order valence-electron chi connectivity index (χ4n) is 2.28. The second-order valence-corrected chi connectivity index (χ2v) is 7.64. The maximum atomic E-state index is 12.5. The fraction of sp³-hybridized carbons (Fsp3) is 0.389. The molecule has 126 valence electrons. The minimum absolute atomic E-state index is 0.215. The number of ether oxygens (including phenoxy) is 1. The summed E-state index contributed by atoms with van der Waals surface area (Å²) < 4.78 is 5.57. The molecule has 5 nitrogen and oxygen atoms in total. The number of benzene rings is 1. The molecule has 0 saturated heterocycles. The van der Waals surface area contributed by atoms with E-state index in [0.29, 0.717) is 11.1 Å². The number of hydrogen-bond acceptors (Lipinski definition) is 4. The molecule has 1 aromatic carbocycles. The molecule has 1 amide bonds. The highest BCUT2D eigenvalue weighted by Crippen LogP contribution is 2.38. The number of esters is 1. The maximum Gasteiger partial charge on any atom is 0.316 e. The van der Waals surface area contributed by atoms with Crippen molar-refractivity contribution in [3.63, 3.8) is 0 Å². The molecule has 24 heavy (non-hydrogen) atoms. The number of rotatable bonds is 2. The van der Waals surface area contributed by atoms with Crippen molar-refractivity contribution in [3.05, 3.63) is 40.1 Å². The first kappa shape index (κ1) is 18.0. The van der Waals surface area contributed by atoms with Gasteiger partial charge in [0.05, 0.1) is 33.2 Å². The molecular formula is C18H19ClN2O3. The molecule has 0 saturated carbocycles. The molecular weight excluding hydrogens is 328 g/mol. The normalized spacial score (nSPS) is 16.6. The number of nitrogens with one attached hydrogen (secondary N) is 1. The van der Waals surface area contributed by atoms with Crippen molar-refractivity contribution in [3.8, 4) is 6.07 Å². The van der Waals surface area contributed by atoms with E-state index >= 15 is 0 Å². The standard InChI is InChI=1S/C18H19ClN2O3/c1-17(2,3)16(23)24-14-13(15(22)21-18(14,4)5)11-7-6-10(9-20)8-12(11)19/h6-8H,1-5H3,(H,21,22). The van der Waals surface area contributed by atoms with Crippen molar-refractivity contribution in [2.75, 3.05) is 0 Å². The zero-order valence-corrected chi connectivity index (χ0v) is 15.0. The van der Waals surface area contributed by atoms with Crippen LogP contribution in [0.3, 0.4) is 0 Å². The van der Waals surface area contributed by atoms with Crippen LogP contribution in [0.25, 0.3) is 5.57 Å². The Morgan fingerprint density at radius 2 is 1.96 bits per heavy atom. The minimum atomic E-state index is -0.843. The summed E-state index contributed by atoms with van der Waals surface area (Å²) in [7, 11) is 0. The van der Waals surface area contributed by atoms with Crippen LogP contribution in [0.4, 0.5) is 0 Å². The number of carbonyl (C=O) groups excluding carboxylic acids is 2. The topological polar surface area (TPSA) is 79.2 Å². The molecule has 0 radical (unpaired) electrons. The molecule has 1 heterocycles. The summed E-state index contributed by atoms with van der Waals surface area (Å²) in [6.07, 6.45) is 0. The van der Waals surface area contributed by atoms with Crippen molar-refractivity contribution in [1.29, 1.82) is 5.26 Å². The van der Waals surface area contributed by atoms with Crippen LogP contribution in [0.5, 0.6) is 0 Å². The Balaban J connectivity index is 2.61. The van der Waals surface area contributed by atoms with Crippen LogP contribution >= 0.6 is 11.6 Å². The molecule has 1 aromatic rings. The van der Waals surface area contributed by atoms with Gasteiger partial charge in [-0.1, -0.05) is 17.7 Å². The number of nitrogens with zero attached hydrogens (tertiary/aromatic N) is 1. The van der Waals surface area contributed by atoms with E-state index < -0.39 is 16.9 Å². The Morgan fingerprint density at radius 1 is 1.33 bits per heavy atom. The lowest BCUT2D eigenvalue weighted by Crippen LogP contribution is -2.40. The Morgan fingerprint density at radius 3 is 2.46 bits per heavy atom. The highest BCUT2D eigenvalue weighted by Gasteiger charge is 2.43. The van der Waals surface area contributed by atoms with Gasteiger partial charge in [-0.15, -0.1) is 0 Å². The lowest BCUT2D eigenvalue weighted by molar-refractivity contribution is -0.149. The molecule has 1 N–H and O–H groups in total. The van der Waals surface area contributed by atoms with E-state index in [9.17, 15) is 9.59 Å². The van der Waals surface area contributed by atoms with Gasteiger partial charge in [-0.3, -0.25) is 9.59 Å². The largest absolute Gasteiger partial charge is 0.427 e. The third kappa shape index (κ3) is 3.29. The first-order chi connectivity index (χ1) is 11.0. The highest BCUT2D eigenvalue weighted by atomic mass is 35.5. The van der Waals surface area contributed by atoms with Crippen molar-refractivity contribution < 1.29 is 14.3 Å². The highest BCUT2D eigenvalue weighted by molar-refractivity contribution is 6.35. The van der Waals surface area contributed by atoms with Gasteiger partial charge in [0, 0.05) is 5.56 Å². The zero-order valence-electron chi connectivity index (χ0n) is 14.3. The van der Waals surface area contributed by atoms with Crippen molar-refractivity contribution >= 4 is 29.1 Å². The van der Waals surface area contributed by atoms with Crippen molar-refractivity contribution in [2.24, 2.45) is 5.41 Å². The molecule has 2 rings (SSSR count). The average molecular weight is 347 g/mol. The van der Waals surface area contributed by atoms with E-state index in [1.807, 2.05) is 6.07 Å². The van der Waals surface area contributed by atoms with E-state index in [-0.39, 0.29) is 22.3 Å². The molecule has 0 spiro atoms. The monoisotopic (exact) mass is 346 g/mol. The zero-order chi connectivity index (χ0) is 18.3. The van der Waals surface area contributed by atoms with Crippen molar-refractivity contribution in [2.45, 2.75) is 40.2 Å². The fourth-order valence-corrected chi connectivity index (χ4v) is 2.55. The molecule has 1 aliphatic heterocycles. The van der Waals surface area contributed by atoms with Gasteiger partial charge in [-0.2, -0.15) is 5.26 Å². The van der Waals surface area contributed by atoms with Crippen LogP contribution in [0, 0.1) is 16.7 Å². The van der Waals surface area contributed by atoms with E-state index in [1.165, 1.54) is 6.07 Å². The van der Waals surface area contributed by atoms with Gasteiger partial charge in [0.1, 0.15) is 5.76 Å². The molecule has 0 atom stereocenters. The minimum Gasteiger partial charge on any atom is -0.427 e. The van der Waals surface area contributed by atoms with Gasteiger partial charge >= 0.3 is 5.97 Å². The summed E-state index contributed by atoms with van der Waals surface area (Å²) in [6, 6.07) is 6.62. The molecule has 0 fully saturated rings. The van der Waals surface area contributed by atoms with Gasteiger partial charge in [0.2, 0.25) is 0 Å². The number of hydrogen-bond donors (Lipinski definition) is 1.